The van der Waals surface area contributed by atoms with Crippen molar-refractivity contribution in [2.24, 2.45) is 0 Å². The third kappa shape index (κ3) is 3.62. The molecule has 1 rings (SSSR count). The van der Waals surface area contributed by atoms with Crippen LogP contribution in [-0.4, -0.2) is 24.1 Å². The van der Waals surface area contributed by atoms with Gasteiger partial charge in [0.15, 0.2) is 0 Å². The minimum absolute atomic E-state index is 0.196. The molecule has 1 aromatic carbocycles. The van der Waals surface area contributed by atoms with Gasteiger partial charge in [-0.1, -0.05) is 6.07 Å². The average Bonchev–Trinajstić information content (AvgIpc) is 2.30. The highest BCUT2D eigenvalue weighted by molar-refractivity contribution is 5.93. The Hall–Kier alpha value is -2.30. The molecule has 0 saturated heterocycles. The highest BCUT2D eigenvalue weighted by Gasteiger charge is 2.06. The van der Waals surface area contributed by atoms with Gasteiger partial charge in [-0.2, -0.15) is 0 Å². The van der Waals surface area contributed by atoms with Gasteiger partial charge in [0, 0.05) is 12.5 Å². The summed E-state index contributed by atoms with van der Waals surface area (Å²) in [6.07, 6.45) is 1.53. The fourth-order valence-corrected chi connectivity index (χ4v) is 1.40. The van der Waals surface area contributed by atoms with Crippen LogP contribution in [-0.2, 0) is 9.59 Å². The first-order valence-corrected chi connectivity index (χ1v) is 5.31. The lowest BCUT2D eigenvalue weighted by atomic mass is 10.1. The zero-order valence-corrected chi connectivity index (χ0v) is 10.5. The Morgan fingerprint density at radius 1 is 1.33 bits per heavy atom. The van der Waals surface area contributed by atoms with Crippen LogP contribution < -0.4 is 10.1 Å². The third-order valence-electron chi connectivity index (χ3n) is 2.26. The van der Waals surface area contributed by atoms with Crippen LogP contribution in [0.3, 0.4) is 0 Å². The number of methoxy groups -OCH3 is 1. The Kier molecular flexibility index (Phi) is 4.48. The molecule has 5 nitrogen and oxygen atoms in total. The Labute approximate surface area is 105 Å². The number of amides is 1. The first-order chi connectivity index (χ1) is 8.43. The van der Waals surface area contributed by atoms with Crippen LogP contribution in [0.2, 0.25) is 0 Å². The van der Waals surface area contributed by atoms with E-state index in [1.807, 2.05) is 0 Å². The lowest BCUT2D eigenvalue weighted by Crippen LogP contribution is -2.07. The summed E-state index contributed by atoms with van der Waals surface area (Å²) in [5.74, 6) is -0.685. The number of carboxylic acids is 1. The third-order valence-corrected chi connectivity index (χ3v) is 2.26. The number of carbonyl (C=O) groups is 2. The van der Waals surface area contributed by atoms with Crippen molar-refractivity contribution in [2.45, 2.75) is 13.8 Å². The van der Waals surface area contributed by atoms with Crippen LogP contribution in [0.25, 0.3) is 6.08 Å². The number of benzene rings is 1. The van der Waals surface area contributed by atoms with E-state index in [2.05, 4.69) is 5.32 Å². The summed E-state index contributed by atoms with van der Waals surface area (Å²) >= 11 is 0. The van der Waals surface area contributed by atoms with Gasteiger partial charge in [-0.15, -0.1) is 0 Å². The standard InChI is InChI=1S/C13H15NO4/c1-8(13(16)17)6-10-4-5-11(14-9(2)15)12(7-10)18-3/h4-7H,1-3H3,(H,14,15)(H,16,17)/b8-6+. The van der Waals surface area contributed by atoms with Gasteiger partial charge in [0.1, 0.15) is 5.75 Å². The van der Waals surface area contributed by atoms with Gasteiger partial charge < -0.3 is 15.2 Å². The van der Waals surface area contributed by atoms with Crippen molar-refractivity contribution in [3.8, 4) is 5.75 Å². The molecule has 0 aliphatic carbocycles. The fraction of sp³-hybridized carbons (Fsp3) is 0.231. The molecule has 0 unspecified atom stereocenters. The summed E-state index contributed by atoms with van der Waals surface area (Å²) in [7, 11) is 1.48. The van der Waals surface area contributed by atoms with E-state index in [-0.39, 0.29) is 11.5 Å². The van der Waals surface area contributed by atoms with Crippen LogP contribution >= 0.6 is 0 Å². The van der Waals surface area contributed by atoms with Crippen molar-refractivity contribution in [1.82, 2.24) is 0 Å². The second-order valence-electron chi connectivity index (χ2n) is 3.77. The Morgan fingerprint density at radius 3 is 2.50 bits per heavy atom. The SMILES string of the molecule is COc1cc(/C=C(\C)C(=O)O)ccc1NC(C)=O. The van der Waals surface area contributed by atoms with Crippen molar-refractivity contribution in [2.75, 3.05) is 12.4 Å². The van der Waals surface area contributed by atoms with E-state index < -0.39 is 5.97 Å². The number of carbonyl (C=O) groups excluding carboxylic acids is 1. The molecule has 0 aliphatic heterocycles. The number of anilines is 1. The summed E-state index contributed by atoms with van der Waals surface area (Å²) in [6.45, 7) is 2.92. The predicted molar refractivity (Wildman–Crippen MR) is 68.6 cm³/mol. The summed E-state index contributed by atoms with van der Waals surface area (Å²) in [5.41, 5.74) is 1.47. The van der Waals surface area contributed by atoms with E-state index in [1.54, 1.807) is 18.2 Å². The van der Waals surface area contributed by atoms with Crippen molar-refractivity contribution in [3.63, 3.8) is 0 Å². The molecule has 0 saturated carbocycles. The maximum atomic E-state index is 11.0. The molecule has 0 aliphatic rings. The van der Waals surface area contributed by atoms with Crippen LogP contribution in [0.4, 0.5) is 5.69 Å². The van der Waals surface area contributed by atoms with E-state index in [0.717, 1.165) is 0 Å². The predicted octanol–water partition coefficient (Wildman–Crippen LogP) is 2.14. The first-order valence-electron chi connectivity index (χ1n) is 5.31. The zero-order valence-electron chi connectivity index (χ0n) is 10.5. The van der Waals surface area contributed by atoms with Crippen LogP contribution in [0.15, 0.2) is 23.8 Å². The molecule has 0 spiro atoms. The van der Waals surface area contributed by atoms with Crippen molar-refractivity contribution in [3.05, 3.63) is 29.3 Å². The molecule has 0 aromatic heterocycles. The lowest BCUT2D eigenvalue weighted by molar-refractivity contribution is -0.132. The van der Waals surface area contributed by atoms with Gasteiger partial charge in [0.2, 0.25) is 5.91 Å². The monoisotopic (exact) mass is 249 g/mol. The van der Waals surface area contributed by atoms with Crippen molar-refractivity contribution in [1.29, 1.82) is 0 Å². The number of nitrogens with one attached hydrogen (secondary N) is 1. The van der Waals surface area contributed by atoms with Gasteiger partial charge in [-0.05, 0) is 30.7 Å². The van der Waals surface area contributed by atoms with Crippen LogP contribution in [0.5, 0.6) is 5.75 Å². The average molecular weight is 249 g/mol. The van der Waals surface area contributed by atoms with E-state index in [4.69, 9.17) is 9.84 Å². The largest absolute Gasteiger partial charge is 0.495 e. The number of hydrogen-bond donors (Lipinski definition) is 2. The molecule has 0 radical (unpaired) electrons. The lowest BCUT2D eigenvalue weighted by Gasteiger charge is -2.09. The normalized spacial score (nSPS) is 10.9. The van der Waals surface area contributed by atoms with E-state index in [9.17, 15) is 9.59 Å². The summed E-state index contributed by atoms with van der Waals surface area (Å²) in [6, 6.07) is 5.04. The van der Waals surface area contributed by atoms with Crippen LogP contribution in [0.1, 0.15) is 19.4 Å². The Balaban J connectivity index is 3.09. The van der Waals surface area contributed by atoms with Crippen molar-refractivity contribution >= 4 is 23.6 Å². The zero-order chi connectivity index (χ0) is 13.7. The van der Waals surface area contributed by atoms with Gasteiger partial charge in [-0.25, -0.2) is 4.79 Å². The molecule has 0 fully saturated rings. The molecule has 0 bridgehead atoms. The molecule has 0 heterocycles. The van der Waals surface area contributed by atoms with Gasteiger partial charge in [-0.3, -0.25) is 4.79 Å². The van der Waals surface area contributed by atoms with Crippen LogP contribution in [0, 0.1) is 0 Å². The van der Waals surface area contributed by atoms with E-state index in [1.165, 1.54) is 27.0 Å². The molecule has 1 aromatic rings. The fourth-order valence-electron chi connectivity index (χ4n) is 1.40. The molecule has 5 heteroatoms. The minimum atomic E-state index is -0.972. The van der Waals surface area contributed by atoms with Gasteiger partial charge in [0.25, 0.3) is 0 Å². The molecule has 96 valence electrons. The Bertz CT molecular complexity index is 506. The van der Waals surface area contributed by atoms with Gasteiger partial charge >= 0.3 is 5.97 Å². The number of rotatable bonds is 4. The molecule has 1 amide bonds. The summed E-state index contributed by atoms with van der Waals surface area (Å²) in [4.78, 5) is 21.7. The molecule has 0 atom stereocenters. The smallest absolute Gasteiger partial charge is 0.331 e. The summed E-state index contributed by atoms with van der Waals surface area (Å²) < 4.78 is 5.14. The number of hydrogen-bond acceptors (Lipinski definition) is 3. The molecule has 18 heavy (non-hydrogen) atoms. The molecule has 2 N–H and O–H groups in total. The maximum Gasteiger partial charge on any atom is 0.331 e. The summed E-state index contributed by atoms with van der Waals surface area (Å²) in [5, 5.41) is 11.4. The topological polar surface area (TPSA) is 75.6 Å². The van der Waals surface area contributed by atoms with E-state index >= 15 is 0 Å². The second-order valence-corrected chi connectivity index (χ2v) is 3.77. The Morgan fingerprint density at radius 2 is 2.00 bits per heavy atom. The quantitative estimate of drug-likeness (QED) is 0.801. The number of aliphatic carboxylic acids is 1. The van der Waals surface area contributed by atoms with Gasteiger partial charge in [0.05, 0.1) is 12.8 Å². The minimum Gasteiger partial charge on any atom is -0.495 e. The maximum absolute atomic E-state index is 11.0. The molecular weight excluding hydrogens is 234 g/mol. The number of ether oxygens (including phenoxy) is 1. The highest BCUT2D eigenvalue weighted by Crippen LogP contribution is 2.26. The second kappa shape index (κ2) is 5.86. The molecular formula is C13H15NO4. The highest BCUT2D eigenvalue weighted by atomic mass is 16.5. The van der Waals surface area contributed by atoms with E-state index in [0.29, 0.717) is 17.0 Å². The first kappa shape index (κ1) is 13.8. The number of carboxylic acid groups (broad SMARTS) is 1. The van der Waals surface area contributed by atoms with Crippen molar-refractivity contribution < 1.29 is 19.4 Å².